The molecule has 4 aliphatic heterocycles. The van der Waals surface area contributed by atoms with E-state index in [1.54, 1.807) is 0 Å². The molecular formula is C64H56N6S2. The van der Waals surface area contributed by atoms with E-state index in [0.717, 1.165) is 110 Å². The fourth-order valence-corrected chi connectivity index (χ4v) is 13.8. The van der Waals surface area contributed by atoms with Crippen LogP contribution in [0.4, 0.5) is 11.4 Å². The molecule has 3 aromatic heterocycles. The quantitative estimate of drug-likeness (QED) is 0.136. The van der Waals surface area contributed by atoms with Gasteiger partial charge in [-0.3, -0.25) is 9.80 Å². The van der Waals surface area contributed by atoms with Crippen LogP contribution in [0.25, 0.3) is 65.4 Å². The highest BCUT2D eigenvalue weighted by atomic mass is 32.1. The van der Waals surface area contributed by atoms with E-state index in [1.165, 1.54) is 52.4 Å². The molecule has 7 heterocycles. The number of rotatable bonds is 10. The zero-order valence-corrected chi connectivity index (χ0v) is 42.0. The molecule has 8 heteroatoms. The fraction of sp³-hybridized carbons (Fsp3) is 0.188. The van der Waals surface area contributed by atoms with Crippen LogP contribution in [0.5, 0.6) is 0 Å². The number of anilines is 2. The molecule has 0 N–H and O–H groups in total. The number of hydrogen-bond donors (Lipinski definition) is 0. The lowest BCUT2D eigenvalue weighted by Gasteiger charge is -2.37. The van der Waals surface area contributed by atoms with E-state index in [1.807, 2.05) is 22.7 Å². The number of nitrogens with zero attached hydrogens (tertiary/aromatic N) is 6. The molecule has 4 aromatic carbocycles. The van der Waals surface area contributed by atoms with Crippen molar-refractivity contribution in [2.75, 3.05) is 75.2 Å². The zero-order chi connectivity index (χ0) is 47.8. The van der Waals surface area contributed by atoms with Gasteiger partial charge in [-0.1, -0.05) is 134 Å². The van der Waals surface area contributed by atoms with Crippen molar-refractivity contribution in [3.63, 3.8) is 0 Å². The van der Waals surface area contributed by atoms with Crippen LogP contribution in [0.2, 0.25) is 0 Å². The van der Waals surface area contributed by atoms with Crippen LogP contribution in [-0.2, 0) is 0 Å². The molecular weight excluding hydrogens is 917 g/mol. The molecule has 0 radical (unpaired) electrons. The van der Waals surface area contributed by atoms with Gasteiger partial charge in [0.05, 0.1) is 22.8 Å². The molecule has 0 spiro atoms. The number of hydrogen-bond acceptors (Lipinski definition) is 8. The highest BCUT2D eigenvalue weighted by Gasteiger charge is 2.30. The van der Waals surface area contributed by atoms with Gasteiger partial charge in [0.2, 0.25) is 0 Å². The van der Waals surface area contributed by atoms with E-state index in [2.05, 4.69) is 226 Å². The first-order valence-corrected chi connectivity index (χ1v) is 27.2. The van der Waals surface area contributed by atoms with Gasteiger partial charge in [-0.25, -0.2) is 9.97 Å². The van der Waals surface area contributed by atoms with Crippen LogP contribution in [0, 0.1) is 0 Å². The molecule has 2 saturated heterocycles. The van der Waals surface area contributed by atoms with Gasteiger partial charge in [-0.2, -0.15) is 0 Å². The molecule has 0 amide bonds. The van der Waals surface area contributed by atoms with Crippen molar-refractivity contribution in [1.82, 2.24) is 19.8 Å². The number of allylic oxidation sites excluding steroid dienone is 6. The van der Waals surface area contributed by atoms with E-state index in [4.69, 9.17) is 9.97 Å². The summed E-state index contributed by atoms with van der Waals surface area (Å²) in [5.41, 5.74) is 16.7. The van der Waals surface area contributed by atoms with E-state index in [0.29, 0.717) is 0 Å². The highest BCUT2D eigenvalue weighted by Crippen LogP contribution is 2.45. The number of thiophene rings is 2. The molecule has 0 saturated carbocycles. The monoisotopic (exact) mass is 972 g/mol. The normalized spacial score (nSPS) is 18.8. The number of para-hydroxylation sites is 2. The minimum absolute atomic E-state index is 0.0883. The molecule has 2 unspecified atom stereocenters. The van der Waals surface area contributed by atoms with Crippen molar-refractivity contribution >= 4 is 77.2 Å². The number of fused-ring (bicyclic) bond motifs is 8. The number of benzene rings is 4. The largest absolute Gasteiger partial charge is 0.369 e. The van der Waals surface area contributed by atoms with Crippen LogP contribution in [0.1, 0.15) is 45.7 Å². The van der Waals surface area contributed by atoms with Crippen LogP contribution in [-0.4, -0.2) is 85.2 Å². The lowest BCUT2D eigenvalue weighted by Crippen LogP contribution is -2.47. The lowest BCUT2D eigenvalue weighted by molar-refractivity contribution is 0.276. The third-order valence-electron chi connectivity index (χ3n) is 15.2. The summed E-state index contributed by atoms with van der Waals surface area (Å²) < 4.78 is 4.88. The summed E-state index contributed by atoms with van der Waals surface area (Å²) >= 11 is 3.74. The summed E-state index contributed by atoms with van der Waals surface area (Å²) in [5, 5.41) is 0. The Labute approximate surface area is 430 Å². The highest BCUT2D eigenvalue weighted by molar-refractivity contribution is 7.24. The van der Waals surface area contributed by atoms with E-state index >= 15 is 0 Å². The second kappa shape index (κ2) is 19.8. The van der Waals surface area contributed by atoms with E-state index < -0.39 is 0 Å². The Morgan fingerprint density at radius 1 is 0.389 bits per heavy atom. The Hall–Kier alpha value is -7.20. The Balaban J connectivity index is 0.961. The van der Waals surface area contributed by atoms with Crippen LogP contribution in [0.3, 0.4) is 0 Å². The average molecular weight is 973 g/mol. The molecule has 2 atom stereocenters. The van der Waals surface area contributed by atoms with Crippen LogP contribution >= 0.6 is 22.7 Å². The SMILES string of the molecule is C1=CC(c2c3nc(c(-c4ccccc4)c4ccc(s4)c(-c4ccccc4)c4nc(c(C5C=CC=C5CN5CCN(c6ccccc6)CC5)c5ccc2s5)C=C4)C=C3)C(CN2CCN(c3ccccc3)CC2)=C1. The summed E-state index contributed by atoms with van der Waals surface area (Å²) in [6.45, 7) is 10.0. The Bertz CT molecular complexity index is 3270. The minimum Gasteiger partial charge on any atom is -0.369 e. The van der Waals surface area contributed by atoms with Crippen molar-refractivity contribution in [2.45, 2.75) is 11.8 Å². The van der Waals surface area contributed by atoms with Crippen LogP contribution < -0.4 is 9.80 Å². The molecule has 7 aromatic rings. The maximum Gasteiger partial charge on any atom is 0.0730 e. The Kier molecular flexibility index (Phi) is 12.3. The number of aromatic nitrogens is 2. The van der Waals surface area contributed by atoms with Crippen molar-refractivity contribution in [3.8, 4) is 22.3 Å². The maximum atomic E-state index is 5.71. The van der Waals surface area contributed by atoms with Gasteiger partial charge in [0, 0.05) is 130 Å². The van der Waals surface area contributed by atoms with Crippen LogP contribution in [0.15, 0.2) is 193 Å². The molecule has 354 valence electrons. The first-order valence-electron chi connectivity index (χ1n) is 25.5. The molecule has 72 heavy (non-hydrogen) atoms. The van der Waals surface area contributed by atoms with Gasteiger partial charge in [-0.05, 0) is 95.1 Å². The van der Waals surface area contributed by atoms with Gasteiger partial charge >= 0.3 is 0 Å². The zero-order valence-electron chi connectivity index (χ0n) is 40.4. The third kappa shape index (κ3) is 8.83. The summed E-state index contributed by atoms with van der Waals surface area (Å²) in [6.07, 6.45) is 23.3. The molecule has 8 bridgehead atoms. The smallest absolute Gasteiger partial charge is 0.0730 e. The van der Waals surface area contributed by atoms with E-state index in [-0.39, 0.29) is 11.8 Å². The van der Waals surface area contributed by atoms with E-state index in [9.17, 15) is 0 Å². The minimum atomic E-state index is 0.0883. The topological polar surface area (TPSA) is 38.7 Å². The standard InChI is InChI=1S/C64H56N6S2/c1-5-15-45(16-6-1)61-53-27-29-55(65-53)63(51-25-13-19-47(51)43-67-35-39-69(40-36-67)49-21-9-3-10-22-49)59-33-34-60(72-59)64(52-26-14-20-48(52)44-68-37-41-70(42-38-68)50-23-11-4-12-24-50)56-30-28-54(66-56)62(46-17-7-2-8-18-46)58-32-31-57(61)71-58/h1-34,51-52H,35-44H2. The summed E-state index contributed by atoms with van der Waals surface area (Å²) in [7, 11) is 0. The first kappa shape index (κ1) is 44.7. The van der Waals surface area contributed by atoms with Crippen molar-refractivity contribution in [3.05, 3.63) is 227 Å². The molecule has 2 aliphatic carbocycles. The predicted octanol–water partition coefficient (Wildman–Crippen LogP) is 14.3. The van der Waals surface area contributed by atoms with Crippen molar-refractivity contribution in [2.24, 2.45) is 0 Å². The summed E-state index contributed by atoms with van der Waals surface area (Å²) in [6, 6.07) is 52.8. The second-order valence-electron chi connectivity index (χ2n) is 19.5. The maximum absolute atomic E-state index is 5.71. The molecule has 2 fully saturated rings. The fourth-order valence-electron chi connectivity index (χ4n) is 11.5. The average Bonchev–Trinajstić information content (AvgIpc) is 4.32. The van der Waals surface area contributed by atoms with Gasteiger partial charge in [0.25, 0.3) is 0 Å². The number of piperazine rings is 2. The van der Waals surface area contributed by atoms with Gasteiger partial charge < -0.3 is 9.80 Å². The molecule has 6 aliphatic rings. The summed E-state index contributed by atoms with van der Waals surface area (Å²) in [4.78, 5) is 21.8. The molecule has 13 rings (SSSR count). The lowest BCUT2D eigenvalue weighted by atomic mass is 9.91. The van der Waals surface area contributed by atoms with Gasteiger partial charge in [-0.15, -0.1) is 22.7 Å². The van der Waals surface area contributed by atoms with Crippen molar-refractivity contribution < 1.29 is 0 Å². The van der Waals surface area contributed by atoms with Gasteiger partial charge in [0.15, 0.2) is 0 Å². The second-order valence-corrected chi connectivity index (χ2v) is 21.6. The Morgan fingerprint density at radius 2 is 0.750 bits per heavy atom. The Morgan fingerprint density at radius 3 is 1.17 bits per heavy atom. The van der Waals surface area contributed by atoms with Crippen molar-refractivity contribution in [1.29, 1.82) is 0 Å². The van der Waals surface area contributed by atoms with Gasteiger partial charge in [0.1, 0.15) is 0 Å². The molecule has 6 nitrogen and oxygen atoms in total. The first-order chi connectivity index (χ1) is 35.7. The summed E-state index contributed by atoms with van der Waals surface area (Å²) in [5.74, 6) is 0.177. The predicted molar refractivity (Wildman–Crippen MR) is 307 cm³/mol. The third-order valence-corrected chi connectivity index (χ3v) is 17.4.